The van der Waals surface area contributed by atoms with E-state index in [1.54, 1.807) is 0 Å². The van der Waals surface area contributed by atoms with Crippen LogP contribution in [-0.4, -0.2) is 18.5 Å². The molecule has 0 aliphatic rings. The van der Waals surface area contributed by atoms with E-state index in [1.807, 2.05) is 6.92 Å². The summed E-state index contributed by atoms with van der Waals surface area (Å²) in [4.78, 5) is 11.5. The summed E-state index contributed by atoms with van der Waals surface area (Å²) in [5, 5.41) is 5.02. The average molecular weight is 260 g/mol. The summed E-state index contributed by atoms with van der Waals surface area (Å²) in [6.07, 6.45) is 0.765. The maximum atomic E-state index is 13.3. The van der Waals surface area contributed by atoms with Crippen molar-refractivity contribution in [1.29, 1.82) is 0 Å². The van der Waals surface area contributed by atoms with Gasteiger partial charge in [0.05, 0.1) is 5.69 Å². The topological polar surface area (TPSA) is 41.1 Å². The zero-order valence-electron chi connectivity index (χ0n) is 10.2. The lowest BCUT2D eigenvalue weighted by Gasteiger charge is -2.15. The van der Waals surface area contributed by atoms with Crippen LogP contribution in [0.2, 0.25) is 0 Å². The molecule has 1 unspecified atom stereocenters. The summed E-state index contributed by atoms with van der Waals surface area (Å²) in [7, 11) is 0. The van der Waals surface area contributed by atoms with Crippen LogP contribution in [0.3, 0.4) is 0 Å². The van der Waals surface area contributed by atoms with Crippen LogP contribution in [0.25, 0.3) is 0 Å². The summed E-state index contributed by atoms with van der Waals surface area (Å²) in [6.45, 7) is 3.86. The predicted molar refractivity (Wildman–Crippen MR) is 62.7 cm³/mol. The summed E-state index contributed by atoms with van der Waals surface area (Å²) in [5.41, 5.74) is -0.369. The van der Waals surface area contributed by atoms with Crippen molar-refractivity contribution in [3.63, 3.8) is 0 Å². The van der Waals surface area contributed by atoms with E-state index in [1.165, 1.54) is 6.92 Å². The Bertz CT molecular complexity index is 438. The maximum absolute atomic E-state index is 13.3. The molecular formula is C12H15F3N2O. The standard InChI is InChI=1S/C12H15F3N2O/c1-3-4-16-12(18)7(2)17-10-6-8(13)5-9(14)11(10)15/h5-7,17H,3-4H2,1-2H3,(H,16,18). The highest BCUT2D eigenvalue weighted by Gasteiger charge is 2.16. The molecule has 18 heavy (non-hydrogen) atoms. The van der Waals surface area contributed by atoms with Gasteiger partial charge in [-0.1, -0.05) is 6.92 Å². The summed E-state index contributed by atoms with van der Waals surface area (Å²) in [5.74, 6) is -3.76. The SMILES string of the molecule is CCCNC(=O)C(C)Nc1cc(F)cc(F)c1F. The highest BCUT2D eigenvalue weighted by atomic mass is 19.2. The molecule has 0 saturated heterocycles. The first kappa shape index (κ1) is 14.3. The van der Waals surface area contributed by atoms with Gasteiger partial charge >= 0.3 is 0 Å². The van der Waals surface area contributed by atoms with Crippen LogP contribution in [0, 0.1) is 17.5 Å². The van der Waals surface area contributed by atoms with E-state index in [0.29, 0.717) is 12.6 Å². The van der Waals surface area contributed by atoms with Gasteiger partial charge < -0.3 is 10.6 Å². The number of hydrogen-bond donors (Lipinski definition) is 2. The van der Waals surface area contributed by atoms with E-state index < -0.39 is 23.5 Å². The van der Waals surface area contributed by atoms with Crippen molar-refractivity contribution in [2.24, 2.45) is 0 Å². The molecule has 1 rings (SSSR count). The minimum absolute atomic E-state index is 0.360. The Morgan fingerprint density at radius 2 is 2.00 bits per heavy atom. The minimum atomic E-state index is -1.29. The second-order valence-corrected chi connectivity index (χ2v) is 3.91. The number of nitrogens with one attached hydrogen (secondary N) is 2. The molecular weight excluding hydrogens is 245 g/mol. The summed E-state index contributed by atoms with van der Waals surface area (Å²) < 4.78 is 39.2. The lowest BCUT2D eigenvalue weighted by atomic mass is 10.2. The van der Waals surface area contributed by atoms with E-state index in [-0.39, 0.29) is 11.6 Å². The van der Waals surface area contributed by atoms with Gasteiger partial charge in [-0.05, 0) is 13.3 Å². The highest BCUT2D eigenvalue weighted by Crippen LogP contribution is 2.19. The van der Waals surface area contributed by atoms with Gasteiger partial charge in [-0.2, -0.15) is 0 Å². The second kappa shape index (κ2) is 6.28. The van der Waals surface area contributed by atoms with Crippen molar-refractivity contribution in [3.05, 3.63) is 29.6 Å². The fourth-order valence-electron chi connectivity index (χ4n) is 1.36. The van der Waals surface area contributed by atoms with Crippen LogP contribution in [0.5, 0.6) is 0 Å². The molecule has 6 heteroatoms. The molecule has 3 nitrogen and oxygen atoms in total. The number of rotatable bonds is 5. The van der Waals surface area contributed by atoms with Gasteiger partial charge in [0.1, 0.15) is 11.9 Å². The Morgan fingerprint density at radius 3 is 2.61 bits per heavy atom. The first-order chi connectivity index (χ1) is 8.45. The summed E-state index contributed by atoms with van der Waals surface area (Å²) in [6, 6.07) is 0.469. The van der Waals surface area contributed by atoms with Crippen LogP contribution in [0.15, 0.2) is 12.1 Å². The maximum Gasteiger partial charge on any atom is 0.242 e. The Labute approximate surface area is 103 Å². The lowest BCUT2D eigenvalue weighted by Crippen LogP contribution is -2.38. The van der Waals surface area contributed by atoms with E-state index in [2.05, 4.69) is 10.6 Å². The third kappa shape index (κ3) is 3.65. The Morgan fingerprint density at radius 1 is 1.33 bits per heavy atom. The number of benzene rings is 1. The molecule has 0 spiro atoms. The average Bonchev–Trinajstić information content (AvgIpc) is 2.32. The van der Waals surface area contributed by atoms with Crippen molar-refractivity contribution < 1.29 is 18.0 Å². The number of hydrogen-bond acceptors (Lipinski definition) is 2. The molecule has 2 N–H and O–H groups in total. The largest absolute Gasteiger partial charge is 0.371 e. The highest BCUT2D eigenvalue weighted by molar-refractivity contribution is 5.84. The number of halogens is 3. The quantitative estimate of drug-likeness (QED) is 0.798. The molecule has 1 amide bonds. The normalized spacial score (nSPS) is 12.1. The first-order valence-electron chi connectivity index (χ1n) is 5.64. The molecule has 0 aliphatic heterocycles. The number of amides is 1. The van der Waals surface area contributed by atoms with Crippen LogP contribution in [0.1, 0.15) is 20.3 Å². The molecule has 1 aromatic rings. The monoisotopic (exact) mass is 260 g/mol. The van der Waals surface area contributed by atoms with Crippen molar-refractivity contribution in [3.8, 4) is 0 Å². The van der Waals surface area contributed by atoms with Crippen molar-refractivity contribution in [2.75, 3.05) is 11.9 Å². The zero-order valence-corrected chi connectivity index (χ0v) is 10.2. The van der Waals surface area contributed by atoms with E-state index in [9.17, 15) is 18.0 Å². The number of anilines is 1. The molecule has 0 aromatic heterocycles. The number of carbonyl (C=O) groups is 1. The van der Waals surface area contributed by atoms with Gasteiger partial charge in [0.25, 0.3) is 0 Å². The van der Waals surface area contributed by atoms with Crippen LogP contribution >= 0.6 is 0 Å². The van der Waals surface area contributed by atoms with Gasteiger partial charge in [-0.3, -0.25) is 4.79 Å². The van der Waals surface area contributed by atoms with Crippen molar-refractivity contribution >= 4 is 11.6 Å². The van der Waals surface area contributed by atoms with Crippen LogP contribution in [-0.2, 0) is 4.79 Å². The lowest BCUT2D eigenvalue weighted by molar-refractivity contribution is -0.121. The van der Waals surface area contributed by atoms with Gasteiger partial charge in [0.15, 0.2) is 11.6 Å². The fourth-order valence-corrected chi connectivity index (χ4v) is 1.36. The first-order valence-corrected chi connectivity index (χ1v) is 5.64. The molecule has 0 radical (unpaired) electrons. The third-order valence-electron chi connectivity index (χ3n) is 2.31. The van der Waals surface area contributed by atoms with Crippen molar-refractivity contribution in [1.82, 2.24) is 5.32 Å². The molecule has 0 heterocycles. The predicted octanol–water partition coefficient (Wildman–Crippen LogP) is 2.43. The Balaban J connectivity index is 2.75. The Hall–Kier alpha value is -1.72. The second-order valence-electron chi connectivity index (χ2n) is 3.91. The van der Waals surface area contributed by atoms with E-state index in [0.717, 1.165) is 12.5 Å². The van der Waals surface area contributed by atoms with E-state index in [4.69, 9.17) is 0 Å². The minimum Gasteiger partial charge on any atom is -0.371 e. The van der Waals surface area contributed by atoms with Crippen molar-refractivity contribution in [2.45, 2.75) is 26.3 Å². The molecule has 1 aromatic carbocycles. The molecule has 1 atom stereocenters. The van der Waals surface area contributed by atoms with Gasteiger partial charge in [-0.15, -0.1) is 0 Å². The van der Waals surface area contributed by atoms with Gasteiger partial charge in [0, 0.05) is 18.7 Å². The molecule has 0 aliphatic carbocycles. The van der Waals surface area contributed by atoms with Gasteiger partial charge in [0.2, 0.25) is 5.91 Å². The van der Waals surface area contributed by atoms with E-state index >= 15 is 0 Å². The van der Waals surface area contributed by atoms with Crippen LogP contribution in [0.4, 0.5) is 18.9 Å². The molecule has 0 bridgehead atoms. The van der Waals surface area contributed by atoms with Crippen LogP contribution < -0.4 is 10.6 Å². The molecule has 0 saturated carbocycles. The molecule has 0 fully saturated rings. The van der Waals surface area contributed by atoms with Gasteiger partial charge in [-0.25, -0.2) is 13.2 Å². The zero-order chi connectivity index (χ0) is 13.7. The smallest absolute Gasteiger partial charge is 0.242 e. The third-order valence-corrected chi connectivity index (χ3v) is 2.31. The molecule has 100 valence electrons. The summed E-state index contributed by atoms with van der Waals surface area (Å²) >= 11 is 0. The fraction of sp³-hybridized carbons (Fsp3) is 0.417. The Kier molecular flexibility index (Phi) is 5.00. The number of carbonyl (C=O) groups excluding carboxylic acids is 1.